The van der Waals surface area contributed by atoms with Crippen LogP contribution < -0.4 is 0 Å². The molecular weight excluding hydrogens is 263 g/mol. The molecule has 0 spiro atoms. The smallest absolute Gasteiger partial charge is 0.105 e. The van der Waals surface area contributed by atoms with Gasteiger partial charge in [0.15, 0.2) is 0 Å². The van der Waals surface area contributed by atoms with Gasteiger partial charge in [-0.15, -0.1) is 23.2 Å². The van der Waals surface area contributed by atoms with Gasteiger partial charge in [-0.1, -0.05) is 0 Å². The van der Waals surface area contributed by atoms with Crippen LogP contribution in [0.3, 0.4) is 0 Å². The summed E-state index contributed by atoms with van der Waals surface area (Å²) >= 11 is 10.1. The van der Waals surface area contributed by atoms with E-state index < -0.39 is 0 Å². The topological polar surface area (TPSA) is 0 Å². The van der Waals surface area contributed by atoms with Crippen LogP contribution in [-0.2, 0) is 21.7 Å². The fourth-order valence-electron chi connectivity index (χ4n) is 0.321. The van der Waals surface area contributed by atoms with Crippen molar-refractivity contribution in [2.75, 3.05) is 0 Å². The van der Waals surface area contributed by atoms with Crippen molar-refractivity contribution in [2.45, 2.75) is 11.8 Å². The Balaban J connectivity index is -0.0000000124. The van der Waals surface area contributed by atoms with Gasteiger partial charge in [-0.3, -0.25) is 0 Å². The van der Waals surface area contributed by atoms with E-state index in [4.69, 9.17) is 23.2 Å². The van der Waals surface area contributed by atoms with E-state index in [0.717, 1.165) is 0 Å². The summed E-state index contributed by atoms with van der Waals surface area (Å²) in [6.07, 6.45) is 0. The van der Waals surface area contributed by atoms with Gasteiger partial charge in [0.1, 0.15) is 4.84 Å². The first kappa shape index (κ1) is 44.9. The second-order valence-electron chi connectivity index (χ2n) is 1.48. The van der Waals surface area contributed by atoms with E-state index in [1.54, 1.807) is 6.92 Å². The Bertz CT molecular complexity index is 97.2. The minimum atomic E-state index is -0.222. The monoisotopic (exact) mass is 286 g/mol. The summed E-state index contributed by atoms with van der Waals surface area (Å²) < 4.78 is 0. The Hall–Kier alpha value is 0.644. The third-order valence-electron chi connectivity index (χ3n) is 0.556. The van der Waals surface area contributed by atoms with E-state index in [9.17, 15) is 0 Å². The molecule has 0 bridgehead atoms. The van der Waals surface area contributed by atoms with Crippen molar-refractivity contribution in [3.8, 4) is 0 Å². The third-order valence-corrected chi connectivity index (χ3v) is 0.556. The van der Waals surface area contributed by atoms with Crippen molar-refractivity contribution in [2.24, 2.45) is 0 Å². The average Bonchev–Trinajstić information content (AvgIpc) is 2.11. The van der Waals surface area contributed by atoms with E-state index in [2.05, 4.69) is 0 Å². The molecule has 0 amide bonds. The van der Waals surface area contributed by atoms with Crippen molar-refractivity contribution in [1.29, 1.82) is 0 Å². The maximum Gasteiger partial charge on any atom is 0.105 e. The second kappa shape index (κ2) is 36.5. The first-order valence-electron chi connectivity index (χ1n) is 2.68. The second-order valence-corrected chi connectivity index (χ2v) is 3.01. The van der Waals surface area contributed by atoms with Gasteiger partial charge in [0.05, 0.1) is 0 Å². The van der Waals surface area contributed by atoms with E-state index in [1.807, 2.05) is 30.3 Å². The predicted molar refractivity (Wildman–Crippen MR) is 75.3 cm³/mol. The molecule has 0 unspecified atom stereocenters. The van der Waals surface area contributed by atoms with Gasteiger partial charge >= 0.3 is 0 Å². The molecule has 0 aromatic heterocycles. The first-order chi connectivity index (χ1) is 4.23. The van der Waals surface area contributed by atoms with Crippen molar-refractivity contribution in [1.82, 2.24) is 0 Å². The van der Waals surface area contributed by atoms with Gasteiger partial charge < -0.3 is 37.1 Å². The molecule has 0 aliphatic rings. The summed E-state index contributed by atoms with van der Waals surface area (Å²) in [5.74, 6) is 0. The molecule has 1 aromatic carbocycles. The van der Waals surface area contributed by atoms with Crippen LogP contribution in [0, 0.1) is 37.1 Å². The number of halogens is 2. The van der Waals surface area contributed by atoms with Crippen LogP contribution in [0.5, 0.6) is 0 Å². The fraction of sp³-hybridized carbons (Fsp3) is 0.167. The average molecular weight is 287 g/mol. The molecule has 0 radical (unpaired) electrons. The molecule has 0 nitrogen and oxygen atoms in total. The van der Waals surface area contributed by atoms with Crippen LogP contribution in [0.15, 0.2) is 30.3 Å². The van der Waals surface area contributed by atoms with Crippen LogP contribution in [-0.4, -0.2) is 4.84 Å². The summed E-state index contributed by atoms with van der Waals surface area (Å²) in [4.78, 5) is -0.222. The molecule has 0 aliphatic heterocycles. The normalized spacial score (nSPS) is 5.07. The molecule has 15 heavy (non-hydrogen) atoms. The van der Waals surface area contributed by atoms with Gasteiger partial charge in [0.25, 0.3) is 0 Å². The van der Waals surface area contributed by atoms with Gasteiger partial charge in [-0.05, 0) is 6.92 Å². The Labute approximate surface area is 124 Å². The standard InChI is InChI=1S/C5H5.C2H4Cl2.5CH3.Ti/c1-2-4-5-3-1;1-2(3)4;;;;;;/h1-5H;2H,1H3;5*1H3;/q-1;;5*-1;. The SMILES string of the molecule is CC(Cl)Cl.[CH3-].[CH3-].[CH3-].[CH3-].[CH3-].[Ti].c1cc[cH-]c1. The van der Waals surface area contributed by atoms with E-state index in [0.29, 0.717) is 0 Å². The maximum atomic E-state index is 5.04. The van der Waals surface area contributed by atoms with Gasteiger partial charge in [-0.25, -0.2) is 12.1 Å². The minimum Gasteiger partial charge on any atom is -0.358 e. The molecule has 1 aromatic rings. The number of hydrogen-bond donors (Lipinski definition) is 0. The zero-order valence-corrected chi connectivity index (χ0v) is 13.8. The maximum absolute atomic E-state index is 5.04. The minimum absolute atomic E-state index is 0. The van der Waals surface area contributed by atoms with Crippen molar-refractivity contribution < 1.29 is 21.7 Å². The van der Waals surface area contributed by atoms with Crippen LogP contribution in [0.1, 0.15) is 6.92 Å². The molecular formula is C12H24Cl2Ti-6. The molecule has 0 N–H and O–H groups in total. The van der Waals surface area contributed by atoms with Crippen LogP contribution >= 0.6 is 23.2 Å². The Morgan fingerprint density at radius 3 is 1.13 bits per heavy atom. The first-order valence-corrected chi connectivity index (χ1v) is 3.55. The zero-order valence-electron chi connectivity index (χ0n) is 10.7. The number of alkyl halides is 2. The van der Waals surface area contributed by atoms with Crippen LogP contribution in [0.25, 0.3) is 0 Å². The van der Waals surface area contributed by atoms with Crippen molar-refractivity contribution in [3.63, 3.8) is 0 Å². The quantitative estimate of drug-likeness (QED) is 0.337. The summed E-state index contributed by atoms with van der Waals surface area (Å²) in [5, 5.41) is 0. The van der Waals surface area contributed by atoms with E-state index in [1.165, 1.54) is 0 Å². The molecule has 96 valence electrons. The van der Waals surface area contributed by atoms with E-state index in [-0.39, 0.29) is 63.7 Å². The summed E-state index contributed by atoms with van der Waals surface area (Å²) in [7, 11) is 0. The van der Waals surface area contributed by atoms with E-state index >= 15 is 0 Å². The molecule has 0 heterocycles. The van der Waals surface area contributed by atoms with Crippen LogP contribution in [0.4, 0.5) is 0 Å². The summed E-state index contributed by atoms with van der Waals surface area (Å²) in [6, 6.07) is 10.0. The fourth-order valence-corrected chi connectivity index (χ4v) is 0.321. The molecule has 0 saturated heterocycles. The largest absolute Gasteiger partial charge is 0.358 e. The van der Waals surface area contributed by atoms with Gasteiger partial charge in [0, 0.05) is 21.7 Å². The molecule has 0 fully saturated rings. The van der Waals surface area contributed by atoms with Crippen molar-refractivity contribution in [3.05, 3.63) is 67.5 Å². The summed E-state index contributed by atoms with van der Waals surface area (Å²) in [6.45, 7) is 1.70. The Morgan fingerprint density at radius 1 is 0.867 bits per heavy atom. The molecule has 0 aliphatic carbocycles. The van der Waals surface area contributed by atoms with Gasteiger partial charge in [-0.2, -0.15) is 18.2 Å². The Kier molecular flexibility index (Phi) is 109. The molecule has 3 heteroatoms. The predicted octanol–water partition coefficient (Wildman–Crippen LogP) is 5.46. The molecule has 1 rings (SSSR count). The third kappa shape index (κ3) is 73.5. The van der Waals surface area contributed by atoms with Crippen LogP contribution in [0.2, 0.25) is 0 Å². The number of hydrogen-bond acceptors (Lipinski definition) is 0. The zero-order chi connectivity index (χ0) is 7.11. The van der Waals surface area contributed by atoms with Crippen molar-refractivity contribution >= 4 is 23.2 Å². The van der Waals surface area contributed by atoms with Gasteiger partial charge in [0.2, 0.25) is 0 Å². The Morgan fingerprint density at radius 2 is 1.07 bits per heavy atom. The summed E-state index contributed by atoms with van der Waals surface area (Å²) in [5.41, 5.74) is 0. The molecule has 0 saturated carbocycles. The number of rotatable bonds is 0. The molecule has 0 atom stereocenters.